The van der Waals surface area contributed by atoms with E-state index in [0.717, 1.165) is 36.1 Å². The number of benzene rings is 2. The summed E-state index contributed by atoms with van der Waals surface area (Å²) in [6.45, 7) is 7.67. The molecule has 2 aromatic rings. The Morgan fingerprint density at radius 2 is 1.74 bits per heavy atom. The molecule has 2 fully saturated rings. The zero-order valence-corrected chi connectivity index (χ0v) is 18.3. The molecule has 2 aromatic carbocycles. The van der Waals surface area contributed by atoms with E-state index in [4.69, 9.17) is 9.47 Å². The molecule has 0 saturated carbocycles. The molecule has 2 aliphatic heterocycles. The summed E-state index contributed by atoms with van der Waals surface area (Å²) < 4.78 is 11.3. The topological polar surface area (TPSA) is 59.1 Å². The van der Waals surface area contributed by atoms with E-state index < -0.39 is 0 Å². The Morgan fingerprint density at radius 1 is 1.00 bits per heavy atom. The van der Waals surface area contributed by atoms with Crippen molar-refractivity contribution in [2.75, 3.05) is 39.5 Å². The van der Waals surface area contributed by atoms with Gasteiger partial charge in [0.05, 0.1) is 19.3 Å². The highest BCUT2D eigenvalue weighted by molar-refractivity contribution is 5.96. The highest BCUT2D eigenvalue weighted by atomic mass is 16.5. The van der Waals surface area contributed by atoms with Crippen LogP contribution in [0.4, 0.5) is 0 Å². The van der Waals surface area contributed by atoms with Crippen LogP contribution in [0.3, 0.4) is 0 Å². The Morgan fingerprint density at radius 3 is 2.45 bits per heavy atom. The number of hydrogen-bond donors (Lipinski definition) is 0. The van der Waals surface area contributed by atoms with Crippen LogP contribution in [0.5, 0.6) is 5.75 Å². The molecule has 6 heteroatoms. The van der Waals surface area contributed by atoms with Gasteiger partial charge in [-0.05, 0) is 62.6 Å². The lowest BCUT2D eigenvalue weighted by Gasteiger charge is -2.27. The number of aryl methyl sites for hydroxylation is 2. The van der Waals surface area contributed by atoms with E-state index in [1.54, 1.807) is 12.1 Å². The van der Waals surface area contributed by atoms with Gasteiger partial charge >= 0.3 is 0 Å². The molecule has 2 aliphatic rings. The number of hydrogen-bond acceptors (Lipinski definition) is 4. The van der Waals surface area contributed by atoms with Crippen molar-refractivity contribution in [1.29, 1.82) is 0 Å². The van der Waals surface area contributed by atoms with Crippen molar-refractivity contribution in [2.45, 2.75) is 32.7 Å². The van der Waals surface area contributed by atoms with E-state index in [9.17, 15) is 9.59 Å². The first-order chi connectivity index (χ1) is 15.0. The number of morpholine rings is 1. The maximum absolute atomic E-state index is 13.1. The SMILES string of the molecule is Cc1ccc(C(=O)N2CCC[C@H]2COc2ccc(C(=O)N3CCOCC3)cc2)c(C)c1. The van der Waals surface area contributed by atoms with Gasteiger partial charge in [-0.3, -0.25) is 9.59 Å². The van der Waals surface area contributed by atoms with Gasteiger partial charge in [0.2, 0.25) is 0 Å². The molecule has 0 radical (unpaired) electrons. The minimum absolute atomic E-state index is 0.0240. The monoisotopic (exact) mass is 422 g/mol. The molecule has 1 atom stereocenters. The fourth-order valence-electron chi connectivity index (χ4n) is 4.32. The predicted octanol–water partition coefficient (Wildman–Crippen LogP) is 3.46. The third-order valence-electron chi connectivity index (χ3n) is 6.09. The molecular formula is C25H30N2O4. The van der Waals surface area contributed by atoms with Crippen LogP contribution in [0.15, 0.2) is 42.5 Å². The average Bonchev–Trinajstić information content (AvgIpc) is 3.26. The molecule has 31 heavy (non-hydrogen) atoms. The summed E-state index contributed by atoms with van der Waals surface area (Å²) >= 11 is 0. The number of rotatable bonds is 5. The highest BCUT2D eigenvalue weighted by Gasteiger charge is 2.30. The van der Waals surface area contributed by atoms with Crippen molar-refractivity contribution >= 4 is 11.8 Å². The molecule has 0 N–H and O–H groups in total. The minimum Gasteiger partial charge on any atom is -0.491 e. The number of carbonyl (C=O) groups is 2. The largest absolute Gasteiger partial charge is 0.491 e. The third kappa shape index (κ3) is 4.90. The Labute approximate surface area is 183 Å². The summed E-state index contributed by atoms with van der Waals surface area (Å²) in [5, 5.41) is 0. The first-order valence-corrected chi connectivity index (χ1v) is 11.0. The predicted molar refractivity (Wildman–Crippen MR) is 119 cm³/mol. The maximum atomic E-state index is 13.1. The molecule has 0 aromatic heterocycles. The van der Waals surface area contributed by atoms with Crippen molar-refractivity contribution in [3.8, 4) is 5.75 Å². The lowest BCUT2D eigenvalue weighted by Crippen LogP contribution is -2.40. The second-order valence-corrected chi connectivity index (χ2v) is 8.35. The smallest absolute Gasteiger partial charge is 0.254 e. The van der Waals surface area contributed by atoms with Gasteiger partial charge in [0.1, 0.15) is 12.4 Å². The van der Waals surface area contributed by atoms with Crippen LogP contribution < -0.4 is 4.74 Å². The molecule has 2 saturated heterocycles. The van der Waals surface area contributed by atoms with Gasteiger partial charge in [0.25, 0.3) is 11.8 Å². The number of nitrogens with zero attached hydrogens (tertiary/aromatic N) is 2. The Hall–Kier alpha value is -2.86. The van der Waals surface area contributed by atoms with E-state index in [1.165, 1.54) is 0 Å². The molecule has 0 spiro atoms. The number of likely N-dealkylation sites (tertiary alicyclic amines) is 1. The molecule has 6 nitrogen and oxygen atoms in total. The Kier molecular flexibility index (Phi) is 6.56. The first kappa shape index (κ1) is 21.4. The van der Waals surface area contributed by atoms with E-state index in [2.05, 4.69) is 6.07 Å². The zero-order chi connectivity index (χ0) is 21.8. The van der Waals surface area contributed by atoms with Crippen LogP contribution in [0, 0.1) is 13.8 Å². The fraction of sp³-hybridized carbons (Fsp3) is 0.440. The summed E-state index contributed by atoms with van der Waals surface area (Å²) in [4.78, 5) is 29.4. The first-order valence-electron chi connectivity index (χ1n) is 11.0. The number of carbonyl (C=O) groups excluding carboxylic acids is 2. The van der Waals surface area contributed by atoms with Crippen LogP contribution in [-0.2, 0) is 4.74 Å². The molecule has 164 valence electrons. The third-order valence-corrected chi connectivity index (χ3v) is 6.09. The molecule has 4 rings (SSSR count). The molecule has 2 amide bonds. The summed E-state index contributed by atoms with van der Waals surface area (Å²) in [5.41, 5.74) is 3.59. The normalized spacial score (nSPS) is 18.8. The summed E-state index contributed by atoms with van der Waals surface area (Å²) in [6, 6.07) is 13.3. The minimum atomic E-state index is 0.0240. The van der Waals surface area contributed by atoms with Gasteiger partial charge in [-0.25, -0.2) is 0 Å². The summed E-state index contributed by atoms with van der Waals surface area (Å²) in [6.07, 6.45) is 1.92. The van der Waals surface area contributed by atoms with Crippen LogP contribution in [0.2, 0.25) is 0 Å². The van der Waals surface area contributed by atoms with Gasteiger partial charge in [-0.1, -0.05) is 17.7 Å². The number of amides is 2. The van der Waals surface area contributed by atoms with Crippen LogP contribution in [0.1, 0.15) is 44.7 Å². The summed E-state index contributed by atoms with van der Waals surface area (Å²) in [7, 11) is 0. The molecule has 2 heterocycles. The maximum Gasteiger partial charge on any atom is 0.254 e. The van der Waals surface area contributed by atoms with Crippen molar-refractivity contribution < 1.29 is 19.1 Å². The lowest BCUT2D eigenvalue weighted by atomic mass is 10.0. The number of ether oxygens (including phenoxy) is 2. The Balaban J connectivity index is 1.36. The van der Waals surface area contributed by atoms with E-state index >= 15 is 0 Å². The zero-order valence-electron chi connectivity index (χ0n) is 18.3. The standard InChI is InChI=1S/C25H30N2O4/c1-18-5-10-23(19(2)16-18)25(29)27-11-3-4-21(27)17-31-22-8-6-20(7-9-22)24(28)26-12-14-30-15-13-26/h5-10,16,21H,3-4,11-15,17H2,1-2H3/t21-/m0/s1. The lowest BCUT2D eigenvalue weighted by molar-refractivity contribution is 0.0303. The molecular weight excluding hydrogens is 392 g/mol. The average molecular weight is 423 g/mol. The van der Waals surface area contributed by atoms with Gasteiger partial charge in [-0.2, -0.15) is 0 Å². The van der Waals surface area contributed by atoms with Crippen molar-refractivity contribution in [3.63, 3.8) is 0 Å². The van der Waals surface area contributed by atoms with E-state index in [1.807, 2.05) is 47.9 Å². The second-order valence-electron chi connectivity index (χ2n) is 8.35. The van der Waals surface area contributed by atoms with Crippen molar-refractivity contribution in [2.24, 2.45) is 0 Å². The van der Waals surface area contributed by atoms with E-state index in [0.29, 0.717) is 44.2 Å². The van der Waals surface area contributed by atoms with Crippen LogP contribution >= 0.6 is 0 Å². The quantitative estimate of drug-likeness (QED) is 0.741. The second kappa shape index (κ2) is 9.52. The van der Waals surface area contributed by atoms with Crippen LogP contribution in [0.25, 0.3) is 0 Å². The van der Waals surface area contributed by atoms with E-state index in [-0.39, 0.29) is 17.9 Å². The van der Waals surface area contributed by atoms with Gasteiger partial charge in [-0.15, -0.1) is 0 Å². The van der Waals surface area contributed by atoms with Gasteiger partial charge in [0.15, 0.2) is 0 Å². The van der Waals surface area contributed by atoms with Gasteiger partial charge < -0.3 is 19.3 Å². The summed E-state index contributed by atoms with van der Waals surface area (Å²) in [5.74, 6) is 0.815. The molecule has 0 aliphatic carbocycles. The van der Waals surface area contributed by atoms with Crippen molar-refractivity contribution in [3.05, 3.63) is 64.7 Å². The molecule has 0 unspecified atom stereocenters. The fourth-order valence-corrected chi connectivity index (χ4v) is 4.32. The highest BCUT2D eigenvalue weighted by Crippen LogP contribution is 2.23. The van der Waals surface area contributed by atoms with Crippen molar-refractivity contribution in [1.82, 2.24) is 9.80 Å². The molecule has 0 bridgehead atoms. The van der Waals surface area contributed by atoms with Gasteiger partial charge in [0, 0.05) is 30.8 Å². The Bertz CT molecular complexity index is 935. The van der Waals surface area contributed by atoms with Crippen LogP contribution in [-0.4, -0.2) is 67.1 Å².